The van der Waals surface area contributed by atoms with E-state index in [2.05, 4.69) is 70.2 Å². The molecule has 4 heteroatoms. The number of hydrogen-bond donors (Lipinski definition) is 3. The Kier molecular flexibility index (Phi) is 8.41. The predicted octanol–water partition coefficient (Wildman–Crippen LogP) is 10.1. The Labute approximate surface area is 255 Å². The Balaban J connectivity index is 1.60. The SMILES string of the molecule is CC(C)=CC/C=C(/C)CC(c1ccc(C2c3cc(c(O)cc3C)Oc3cc2c(C)cc3O)cc1)c1cc(C)c(O)cc1C. The van der Waals surface area contributed by atoms with Crippen molar-refractivity contribution in [2.45, 2.75) is 73.1 Å². The Morgan fingerprint density at radius 1 is 0.698 bits per heavy atom. The molecule has 4 bridgehead atoms. The van der Waals surface area contributed by atoms with Gasteiger partial charge < -0.3 is 20.1 Å². The van der Waals surface area contributed by atoms with Crippen molar-refractivity contribution >= 4 is 0 Å². The number of phenols is 3. The highest BCUT2D eigenvalue weighted by Crippen LogP contribution is 2.47. The maximum absolute atomic E-state index is 10.6. The van der Waals surface area contributed by atoms with Crippen LogP contribution in [0.1, 0.15) is 95.5 Å². The first-order valence-corrected chi connectivity index (χ1v) is 15.0. The standard InChI is InChI=1S/C39H42O4/c1-22(2)9-8-10-23(3)15-33(30-16-27(7)34(40)17-24(30)4)28-11-13-29(14-12-28)39-31-20-37(35(41)18-25(31)5)43-38-21-32(39)26(6)19-36(38)42/h9-14,16-21,33,39-42H,8,15H2,1-7H3/b23-10-. The molecule has 4 aromatic rings. The molecule has 222 valence electrons. The maximum Gasteiger partial charge on any atom is 0.169 e. The van der Waals surface area contributed by atoms with Crippen LogP contribution in [0.4, 0.5) is 0 Å². The van der Waals surface area contributed by atoms with E-state index >= 15 is 0 Å². The lowest BCUT2D eigenvalue weighted by Crippen LogP contribution is -2.11. The number of allylic oxidation sites excluding steroid dienone is 4. The maximum atomic E-state index is 10.6. The summed E-state index contributed by atoms with van der Waals surface area (Å²) in [5, 5.41) is 31.6. The number of ether oxygens (including phenoxy) is 1. The van der Waals surface area contributed by atoms with Crippen LogP contribution >= 0.6 is 0 Å². The van der Waals surface area contributed by atoms with Gasteiger partial charge in [-0.1, -0.05) is 53.6 Å². The van der Waals surface area contributed by atoms with Gasteiger partial charge in [0.05, 0.1) is 0 Å². The van der Waals surface area contributed by atoms with Gasteiger partial charge in [0.25, 0.3) is 0 Å². The van der Waals surface area contributed by atoms with Crippen molar-refractivity contribution < 1.29 is 20.1 Å². The topological polar surface area (TPSA) is 69.9 Å². The molecular formula is C39H42O4. The minimum atomic E-state index is -0.0987. The number of phenolic OH excluding ortho intramolecular Hbond substituents is 3. The van der Waals surface area contributed by atoms with E-state index in [1.807, 2.05) is 39.0 Å². The molecule has 1 aliphatic rings. The van der Waals surface area contributed by atoms with Crippen LogP contribution < -0.4 is 4.74 Å². The van der Waals surface area contributed by atoms with E-state index < -0.39 is 0 Å². The summed E-state index contributed by atoms with van der Waals surface area (Å²) in [6, 6.07) is 20.1. The van der Waals surface area contributed by atoms with E-state index in [0.29, 0.717) is 17.2 Å². The van der Waals surface area contributed by atoms with Crippen LogP contribution in [0.15, 0.2) is 84.0 Å². The fourth-order valence-electron chi connectivity index (χ4n) is 6.24. The summed E-state index contributed by atoms with van der Waals surface area (Å²) < 4.78 is 5.94. The monoisotopic (exact) mass is 574 g/mol. The normalized spacial score (nSPS) is 13.6. The summed E-state index contributed by atoms with van der Waals surface area (Å²) in [7, 11) is 0. The number of aromatic hydroxyl groups is 3. The van der Waals surface area contributed by atoms with E-state index in [-0.39, 0.29) is 23.3 Å². The van der Waals surface area contributed by atoms with Crippen LogP contribution in [0.3, 0.4) is 0 Å². The summed E-state index contributed by atoms with van der Waals surface area (Å²) in [6.07, 6.45) is 6.35. The van der Waals surface area contributed by atoms with E-state index in [1.54, 1.807) is 12.1 Å². The number of fused-ring (bicyclic) bond motifs is 4. The largest absolute Gasteiger partial charge is 0.508 e. The van der Waals surface area contributed by atoms with Crippen LogP contribution in [0.2, 0.25) is 0 Å². The van der Waals surface area contributed by atoms with Gasteiger partial charge in [-0.2, -0.15) is 0 Å². The second-order valence-electron chi connectivity index (χ2n) is 12.4. The van der Waals surface area contributed by atoms with Crippen molar-refractivity contribution in [2.24, 2.45) is 0 Å². The van der Waals surface area contributed by atoms with Crippen molar-refractivity contribution in [1.29, 1.82) is 0 Å². The van der Waals surface area contributed by atoms with Crippen molar-refractivity contribution in [2.75, 3.05) is 0 Å². The zero-order valence-electron chi connectivity index (χ0n) is 26.2. The van der Waals surface area contributed by atoms with Crippen molar-refractivity contribution in [1.82, 2.24) is 0 Å². The van der Waals surface area contributed by atoms with Gasteiger partial charge in [0.1, 0.15) is 5.75 Å². The molecule has 3 N–H and O–H groups in total. The van der Waals surface area contributed by atoms with E-state index in [4.69, 9.17) is 4.74 Å². The van der Waals surface area contributed by atoms with Gasteiger partial charge in [-0.3, -0.25) is 0 Å². The molecule has 0 radical (unpaired) electrons. The first-order valence-electron chi connectivity index (χ1n) is 15.0. The fraction of sp³-hybridized carbons (Fsp3) is 0.282. The van der Waals surface area contributed by atoms with Gasteiger partial charge in [0.15, 0.2) is 23.0 Å². The predicted molar refractivity (Wildman–Crippen MR) is 175 cm³/mol. The molecule has 1 atom stereocenters. The third-order valence-electron chi connectivity index (χ3n) is 8.69. The summed E-state index contributed by atoms with van der Waals surface area (Å²) in [5.41, 5.74) is 12.2. The van der Waals surface area contributed by atoms with E-state index in [1.165, 1.54) is 22.3 Å². The quantitative estimate of drug-likeness (QED) is 0.169. The molecule has 1 heterocycles. The second kappa shape index (κ2) is 12.0. The molecule has 1 unspecified atom stereocenters. The molecule has 43 heavy (non-hydrogen) atoms. The number of aryl methyl sites for hydroxylation is 4. The third kappa shape index (κ3) is 6.19. The van der Waals surface area contributed by atoms with Crippen LogP contribution in [0.25, 0.3) is 0 Å². The average Bonchev–Trinajstić information content (AvgIpc) is 2.93. The van der Waals surface area contributed by atoms with Crippen molar-refractivity contribution in [3.8, 4) is 28.7 Å². The summed E-state index contributed by atoms with van der Waals surface area (Å²) >= 11 is 0. The van der Waals surface area contributed by atoms with E-state index in [9.17, 15) is 15.3 Å². The minimum Gasteiger partial charge on any atom is -0.508 e. The highest BCUT2D eigenvalue weighted by atomic mass is 16.5. The third-order valence-corrected chi connectivity index (χ3v) is 8.69. The Morgan fingerprint density at radius 2 is 1.26 bits per heavy atom. The molecule has 0 saturated heterocycles. The lowest BCUT2D eigenvalue weighted by atomic mass is 9.78. The van der Waals surface area contributed by atoms with Crippen molar-refractivity contribution in [3.63, 3.8) is 0 Å². The molecule has 4 aromatic carbocycles. The summed E-state index contributed by atoms with van der Waals surface area (Å²) in [6.45, 7) is 14.5. The smallest absolute Gasteiger partial charge is 0.169 e. The van der Waals surface area contributed by atoms with Gasteiger partial charge in [-0.15, -0.1) is 0 Å². The van der Waals surface area contributed by atoms with Crippen LogP contribution in [0, 0.1) is 27.7 Å². The van der Waals surface area contributed by atoms with E-state index in [0.717, 1.165) is 51.8 Å². The van der Waals surface area contributed by atoms with Crippen molar-refractivity contribution in [3.05, 3.63) is 134 Å². The summed E-state index contributed by atoms with van der Waals surface area (Å²) in [4.78, 5) is 0. The van der Waals surface area contributed by atoms with Crippen LogP contribution in [0.5, 0.6) is 28.7 Å². The van der Waals surface area contributed by atoms with Crippen LogP contribution in [-0.2, 0) is 0 Å². The molecule has 0 amide bonds. The number of hydrogen-bond acceptors (Lipinski definition) is 4. The fourth-order valence-corrected chi connectivity index (χ4v) is 6.24. The Bertz CT molecular complexity index is 1680. The van der Waals surface area contributed by atoms with Gasteiger partial charge in [0.2, 0.25) is 0 Å². The van der Waals surface area contributed by atoms with Gasteiger partial charge in [-0.05, 0) is 142 Å². The lowest BCUT2D eigenvalue weighted by molar-refractivity contribution is 0.382. The van der Waals surface area contributed by atoms with Gasteiger partial charge >= 0.3 is 0 Å². The second-order valence-corrected chi connectivity index (χ2v) is 12.4. The first-order chi connectivity index (χ1) is 20.4. The molecule has 0 fully saturated rings. The minimum absolute atomic E-state index is 0.0502. The zero-order chi connectivity index (χ0) is 31.0. The Hall–Kier alpha value is -4.44. The molecule has 4 nitrogen and oxygen atoms in total. The number of rotatable bonds is 7. The molecule has 0 saturated carbocycles. The number of benzene rings is 4. The molecule has 0 aromatic heterocycles. The Morgan fingerprint density at radius 3 is 1.81 bits per heavy atom. The lowest BCUT2D eigenvalue weighted by Gasteiger charge is -2.28. The highest BCUT2D eigenvalue weighted by molar-refractivity contribution is 5.61. The zero-order valence-corrected chi connectivity index (χ0v) is 26.2. The molecule has 1 aliphatic heterocycles. The van der Waals surface area contributed by atoms with Crippen LogP contribution in [-0.4, -0.2) is 15.3 Å². The highest BCUT2D eigenvalue weighted by Gasteiger charge is 2.27. The molecular weight excluding hydrogens is 532 g/mol. The average molecular weight is 575 g/mol. The molecule has 0 spiro atoms. The molecule has 5 rings (SSSR count). The summed E-state index contributed by atoms with van der Waals surface area (Å²) in [5.74, 6) is 1.13. The first kappa shape index (κ1) is 30.0. The van der Waals surface area contributed by atoms with Gasteiger partial charge in [-0.25, -0.2) is 0 Å². The molecule has 0 aliphatic carbocycles. The van der Waals surface area contributed by atoms with Gasteiger partial charge in [0, 0.05) is 11.8 Å².